The van der Waals surface area contributed by atoms with Gasteiger partial charge in [-0.25, -0.2) is 9.59 Å². The summed E-state index contributed by atoms with van der Waals surface area (Å²) in [5.74, 6) is -0.330. The zero-order chi connectivity index (χ0) is 18.4. The van der Waals surface area contributed by atoms with E-state index in [-0.39, 0.29) is 12.0 Å². The maximum Gasteiger partial charge on any atom is 0.337 e. The first-order valence-electron chi connectivity index (χ1n) is 8.51. The molecule has 7 nitrogen and oxygen atoms in total. The van der Waals surface area contributed by atoms with Gasteiger partial charge in [0.05, 0.1) is 24.6 Å². The van der Waals surface area contributed by atoms with Crippen LogP contribution in [0.2, 0.25) is 0 Å². The van der Waals surface area contributed by atoms with Gasteiger partial charge in [0.1, 0.15) is 0 Å². The number of rotatable bonds is 4. The number of ether oxygens (including phenoxy) is 1. The van der Waals surface area contributed by atoms with Gasteiger partial charge in [0.2, 0.25) is 0 Å². The van der Waals surface area contributed by atoms with Crippen molar-refractivity contribution in [1.82, 2.24) is 14.8 Å². The average Bonchev–Trinajstić information content (AvgIpc) is 2.69. The van der Waals surface area contributed by atoms with Crippen molar-refractivity contribution in [2.75, 3.05) is 38.6 Å². The van der Waals surface area contributed by atoms with Crippen LogP contribution in [-0.2, 0) is 11.3 Å². The number of amides is 2. The minimum Gasteiger partial charge on any atom is -0.465 e. The van der Waals surface area contributed by atoms with Gasteiger partial charge >= 0.3 is 12.0 Å². The summed E-state index contributed by atoms with van der Waals surface area (Å²) in [5.41, 5.74) is 2.31. The normalized spacial score (nSPS) is 14.7. The highest BCUT2D eigenvalue weighted by Crippen LogP contribution is 2.13. The second kappa shape index (κ2) is 8.44. The van der Waals surface area contributed by atoms with Gasteiger partial charge in [0, 0.05) is 38.9 Å². The Balaban J connectivity index is 1.51. The summed E-state index contributed by atoms with van der Waals surface area (Å²) >= 11 is 0. The molecule has 0 unspecified atom stereocenters. The van der Waals surface area contributed by atoms with Gasteiger partial charge in [0.25, 0.3) is 0 Å². The maximum atomic E-state index is 12.3. The number of urea groups is 1. The van der Waals surface area contributed by atoms with Crippen molar-refractivity contribution in [2.24, 2.45) is 0 Å². The van der Waals surface area contributed by atoms with Crippen molar-refractivity contribution in [3.8, 4) is 0 Å². The molecule has 2 aromatic rings. The van der Waals surface area contributed by atoms with Crippen molar-refractivity contribution < 1.29 is 14.3 Å². The van der Waals surface area contributed by atoms with Gasteiger partial charge in [-0.3, -0.25) is 9.88 Å². The fourth-order valence-corrected chi connectivity index (χ4v) is 2.92. The predicted molar refractivity (Wildman–Crippen MR) is 97.9 cm³/mol. The van der Waals surface area contributed by atoms with E-state index in [1.807, 2.05) is 24.3 Å². The van der Waals surface area contributed by atoms with Crippen LogP contribution in [0.4, 0.5) is 10.5 Å². The lowest BCUT2D eigenvalue weighted by Gasteiger charge is -2.34. The molecule has 1 aliphatic heterocycles. The molecule has 26 heavy (non-hydrogen) atoms. The maximum absolute atomic E-state index is 12.3. The minimum absolute atomic E-state index is 0.106. The summed E-state index contributed by atoms with van der Waals surface area (Å²) in [6.07, 6.45) is 3.30. The van der Waals surface area contributed by atoms with Crippen molar-refractivity contribution >= 4 is 17.7 Å². The van der Waals surface area contributed by atoms with E-state index < -0.39 is 0 Å². The number of methoxy groups -OCH3 is 1. The number of piperazine rings is 1. The lowest BCUT2D eigenvalue weighted by molar-refractivity contribution is 0.0600. The lowest BCUT2D eigenvalue weighted by atomic mass is 10.1. The third kappa shape index (κ3) is 4.58. The number of benzene rings is 1. The Morgan fingerprint density at radius 3 is 2.65 bits per heavy atom. The monoisotopic (exact) mass is 354 g/mol. The molecule has 3 rings (SSSR count). The molecule has 136 valence electrons. The molecule has 1 N–H and O–H groups in total. The minimum atomic E-state index is -0.330. The number of anilines is 1. The molecule has 2 amide bonds. The van der Waals surface area contributed by atoms with Gasteiger partial charge in [-0.2, -0.15) is 0 Å². The van der Waals surface area contributed by atoms with E-state index in [1.54, 1.807) is 29.4 Å². The fourth-order valence-electron chi connectivity index (χ4n) is 2.92. The first kappa shape index (κ1) is 17.9. The molecule has 0 saturated carbocycles. The molecular weight excluding hydrogens is 332 g/mol. The van der Waals surface area contributed by atoms with Crippen LogP contribution in [0.25, 0.3) is 0 Å². The van der Waals surface area contributed by atoms with Gasteiger partial charge in [0.15, 0.2) is 0 Å². The van der Waals surface area contributed by atoms with Crippen LogP contribution in [0.1, 0.15) is 15.9 Å². The molecule has 7 heteroatoms. The number of esters is 1. The lowest BCUT2D eigenvalue weighted by Crippen LogP contribution is -2.49. The molecule has 1 aromatic carbocycles. The van der Waals surface area contributed by atoms with Crippen LogP contribution < -0.4 is 5.32 Å². The number of nitrogens with zero attached hydrogens (tertiary/aromatic N) is 3. The molecule has 0 atom stereocenters. The number of carbonyl (C=O) groups excluding carboxylic acids is 2. The van der Waals surface area contributed by atoms with Crippen LogP contribution in [0.15, 0.2) is 48.8 Å². The number of aromatic nitrogens is 1. The highest BCUT2D eigenvalue weighted by Gasteiger charge is 2.21. The SMILES string of the molecule is COC(=O)c1cccc(CN2CCN(C(=O)Nc3cccnc3)CC2)c1. The van der Waals surface area contributed by atoms with Crippen molar-refractivity contribution in [3.05, 3.63) is 59.9 Å². The summed E-state index contributed by atoms with van der Waals surface area (Å²) < 4.78 is 4.76. The van der Waals surface area contributed by atoms with E-state index in [2.05, 4.69) is 15.2 Å². The van der Waals surface area contributed by atoms with Crippen LogP contribution in [0.3, 0.4) is 0 Å². The van der Waals surface area contributed by atoms with Crippen LogP contribution in [0.5, 0.6) is 0 Å². The molecule has 1 aliphatic rings. The smallest absolute Gasteiger partial charge is 0.337 e. The standard InChI is InChI=1S/C19H22N4O3/c1-26-18(24)16-5-2-4-15(12-16)14-22-8-10-23(11-9-22)19(25)21-17-6-3-7-20-13-17/h2-7,12-13H,8-11,14H2,1H3,(H,21,25). The van der Waals surface area contributed by atoms with E-state index in [0.717, 1.165) is 25.2 Å². The fraction of sp³-hybridized carbons (Fsp3) is 0.316. The van der Waals surface area contributed by atoms with E-state index in [1.165, 1.54) is 7.11 Å². The first-order valence-corrected chi connectivity index (χ1v) is 8.51. The van der Waals surface area contributed by atoms with Crippen molar-refractivity contribution in [1.29, 1.82) is 0 Å². The summed E-state index contributed by atoms with van der Waals surface area (Å²) in [5, 5.41) is 2.86. The van der Waals surface area contributed by atoms with E-state index in [0.29, 0.717) is 24.3 Å². The average molecular weight is 354 g/mol. The Labute approximate surface area is 152 Å². The van der Waals surface area contributed by atoms with Gasteiger partial charge in [-0.15, -0.1) is 0 Å². The highest BCUT2D eigenvalue weighted by molar-refractivity contribution is 5.89. The van der Waals surface area contributed by atoms with Gasteiger partial charge < -0.3 is 15.0 Å². The second-order valence-electron chi connectivity index (χ2n) is 6.13. The molecule has 0 spiro atoms. The Kier molecular flexibility index (Phi) is 5.80. The number of hydrogen-bond donors (Lipinski definition) is 1. The Hall–Kier alpha value is -2.93. The quantitative estimate of drug-likeness (QED) is 0.852. The topological polar surface area (TPSA) is 74.8 Å². The number of nitrogens with one attached hydrogen (secondary N) is 1. The molecular formula is C19H22N4O3. The molecule has 1 fully saturated rings. The van der Waals surface area contributed by atoms with E-state index in [4.69, 9.17) is 4.74 Å². The molecule has 0 radical (unpaired) electrons. The van der Waals surface area contributed by atoms with Crippen molar-refractivity contribution in [2.45, 2.75) is 6.54 Å². The van der Waals surface area contributed by atoms with Gasteiger partial charge in [-0.05, 0) is 29.8 Å². The predicted octanol–water partition coefficient (Wildman–Crippen LogP) is 2.22. The molecule has 0 bridgehead atoms. The Morgan fingerprint density at radius 1 is 1.15 bits per heavy atom. The second-order valence-corrected chi connectivity index (χ2v) is 6.13. The largest absolute Gasteiger partial charge is 0.465 e. The summed E-state index contributed by atoms with van der Waals surface area (Å²) in [6, 6.07) is 11.0. The van der Waals surface area contributed by atoms with E-state index >= 15 is 0 Å². The Bertz CT molecular complexity index is 758. The van der Waals surface area contributed by atoms with Crippen LogP contribution >= 0.6 is 0 Å². The summed E-state index contributed by atoms with van der Waals surface area (Å²) in [6.45, 7) is 3.61. The zero-order valence-corrected chi connectivity index (χ0v) is 14.7. The summed E-state index contributed by atoms with van der Waals surface area (Å²) in [7, 11) is 1.38. The number of pyridine rings is 1. The van der Waals surface area contributed by atoms with Crippen LogP contribution in [0, 0.1) is 0 Å². The third-order valence-corrected chi connectivity index (χ3v) is 4.33. The van der Waals surface area contributed by atoms with Crippen molar-refractivity contribution in [3.63, 3.8) is 0 Å². The highest BCUT2D eigenvalue weighted by atomic mass is 16.5. The summed E-state index contributed by atoms with van der Waals surface area (Å²) in [4.78, 5) is 32.0. The first-order chi connectivity index (χ1) is 12.7. The number of carbonyl (C=O) groups is 2. The van der Waals surface area contributed by atoms with E-state index in [9.17, 15) is 9.59 Å². The molecule has 1 aromatic heterocycles. The number of hydrogen-bond acceptors (Lipinski definition) is 5. The molecule has 1 saturated heterocycles. The van der Waals surface area contributed by atoms with Gasteiger partial charge in [-0.1, -0.05) is 12.1 Å². The zero-order valence-electron chi connectivity index (χ0n) is 14.7. The molecule has 0 aliphatic carbocycles. The van der Waals surface area contributed by atoms with Crippen LogP contribution in [-0.4, -0.2) is 60.1 Å². The molecule has 2 heterocycles. The third-order valence-electron chi connectivity index (χ3n) is 4.33. The Morgan fingerprint density at radius 2 is 1.96 bits per heavy atom.